The van der Waals surface area contributed by atoms with Crippen molar-refractivity contribution in [3.8, 4) is 0 Å². The Bertz CT molecular complexity index is 401. The van der Waals surface area contributed by atoms with Gasteiger partial charge in [0.15, 0.2) is 5.78 Å². The molecule has 1 fully saturated rings. The quantitative estimate of drug-likeness (QED) is 0.770. The van der Waals surface area contributed by atoms with Crippen LogP contribution in [-0.2, 0) is 4.79 Å². The number of aryl methyl sites for hydroxylation is 2. The molecule has 1 N–H and O–H groups in total. The van der Waals surface area contributed by atoms with E-state index in [4.69, 9.17) is 0 Å². The molecule has 0 unspecified atom stereocenters. The minimum atomic E-state index is 0.262. The third-order valence-electron chi connectivity index (χ3n) is 2.95. The number of Topliss-reactive ketones (excluding diaryl/α,β-unsaturated/α-hetero) is 1. The molecule has 0 amide bonds. The van der Waals surface area contributed by atoms with Gasteiger partial charge in [-0.2, -0.15) is 0 Å². The molecule has 16 heavy (non-hydrogen) atoms. The number of benzene rings is 1. The highest BCUT2D eigenvalue weighted by Gasteiger charge is 2.16. The number of hydrogen-bond donors (Lipinski definition) is 1. The fourth-order valence-corrected chi connectivity index (χ4v) is 2.06. The van der Waals surface area contributed by atoms with Gasteiger partial charge in [-0.25, -0.2) is 0 Å². The minimum Gasteiger partial charge on any atom is -0.363 e. The Morgan fingerprint density at radius 2 is 2.12 bits per heavy atom. The normalized spacial score (nSPS) is 17.4. The van der Waals surface area contributed by atoms with Crippen LogP contribution >= 0.6 is 0 Å². The van der Waals surface area contributed by atoms with E-state index in [1.165, 1.54) is 16.8 Å². The number of nitrogens with one attached hydrogen (secondary N) is 1. The van der Waals surface area contributed by atoms with Crippen molar-refractivity contribution in [2.24, 2.45) is 0 Å². The van der Waals surface area contributed by atoms with E-state index in [0.29, 0.717) is 13.1 Å². The molecule has 0 spiro atoms. The van der Waals surface area contributed by atoms with Gasteiger partial charge in [0.25, 0.3) is 0 Å². The van der Waals surface area contributed by atoms with Crippen LogP contribution in [0, 0.1) is 13.8 Å². The average molecular weight is 218 g/mol. The molecule has 0 aromatic heterocycles. The molecular weight excluding hydrogens is 200 g/mol. The SMILES string of the molecule is Cc1ccc(C)c(N2CCNCC(=O)C2)c1. The molecule has 2 rings (SSSR count). The van der Waals surface area contributed by atoms with E-state index in [-0.39, 0.29) is 5.78 Å². The lowest BCUT2D eigenvalue weighted by Gasteiger charge is -2.24. The standard InChI is InChI=1S/C13H18N2O/c1-10-3-4-11(2)13(7-10)15-6-5-14-8-12(16)9-15/h3-4,7,14H,5-6,8-9H2,1-2H3. The molecule has 3 nitrogen and oxygen atoms in total. The summed E-state index contributed by atoms with van der Waals surface area (Å²) in [5.41, 5.74) is 3.67. The van der Waals surface area contributed by atoms with Gasteiger partial charge < -0.3 is 10.2 Å². The van der Waals surface area contributed by atoms with Crippen LogP contribution in [-0.4, -0.2) is 32.0 Å². The van der Waals surface area contributed by atoms with Crippen molar-refractivity contribution >= 4 is 11.5 Å². The van der Waals surface area contributed by atoms with Gasteiger partial charge in [0, 0.05) is 18.8 Å². The van der Waals surface area contributed by atoms with E-state index in [1.54, 1.807) is 0 Å². The summed E-state index contributed by atoms with van der Waals surface area (Å²) in [4.78, 5) is 13.7. The Hall–Kier alpha value is -1.35. The van der Waals surface area contributed by atoms with Gasteiger partial charge >= 0.3 is 0 Å². The predicted molar refractivity (Wildman–Crippen MR) is 66.0 cm³/mol. The summed E-state index contributed by atoms with van der Waals surface area (Å²) < 4.78 is 0. The number of ketones is 1. The molecule has 3 heteroatoms. The van der Waals surface area contributed by atoms with Crippen molar-refractivity contribution < 1.29 is 4.79 Å². The van der Waals surface area contributed by atoms with Crippen LogP contribution < -0.4 is 10.2 Å². The molecule has 1 saturated heterocycles. The Morgan fingerprint density at radius 3 is 2.94 bits per heavy atom. The molecule has 0 saturated carbocycles. The first-order valence-electron chi connectivity index (χ1n) is 5.71. The van der Waals surface area contributed by atoms with E-state index >= 15 is 0 Å². The number of carbonyl (C=O) groups is 1. The summed E-state index contributed by atoms with van der Waals surface area (Å²) in [7, 11) is 0. The zero-order chi connectivity index (χ0) is 11.5. The maximum atomic E-state index is 11.6. The lowest BCUT2D eigenvalue weighted by Crippen LogP contribution is -2.30. The smallest absolute Gasteiger partial charge is 0.165 e. The Labute approximate surface area is 96.5 Å². The number of nitrogens with zero attached hydrogens (tertiary/aromatic N) is 1. The molecule has 1 aliphatic heterocycles. The van der Waals surface area contributed by atoms with Crippen molar-refractivity contribution in [1.82, 2.24) is 5.32 Å². The van der Waals surface area contributed by atoms with Crippen molar-refractivity contribution in [2.75, 3.05) is 31.1 Å². The third kappa shape index (κ3) is 2.42. The second kappa shape index (κ2) is 4.66. The van der Waals surface area contributed by atoms with Crippen molar-refractivity contribution in [1.29, 1.82) is 0 Å². The fraction of sp³-hybridized carbons (Fsp3) is 0.462. The number of rotatable bonds is 1. The highest BCUT2D eigenvalue weighted by atomic mass is 16.1. The van der Waals surface area contributed by atoms with E-state index in [1.807, 2.05) is 0 Å². The van der Waals surface area contributed by atoms with Gasteiger partial charge in [0.05, 0.1) is 13.1 Å². The topological polar surface area (TPSA) is 32.3 Å². The van der Waals surface area contributed by atoms with Crippen LogP contribution in [0.5, 0.6) is 0 Å². The van der Waals surface area contributed by atoms with Gasteiger partial charge in [-0.3, -0.25) is 4.79 Å². The second-order valence-electron chi connectivity index (χ2n) is 4.43. The maximum absolute atomic E-state index is 11.6. The number of anilines is 1. The van der Waals surface area contributed by atoms with Gasteiger partial charge in [-0.15, -0.1) is 0 Å². The molecule has 1 heterocycles. The van der Waals surface area contributed by atoms with Gasteiger partial charge in [-0.05, 0) is 31.0 Å². The molecular formula is C13H18N2O. The zero-order valence-corrected chi connectivity index (χ0v) is 9.92. The van der Waals surface area contributed by atoms with Gasteiger partial charge in [0.2, 0.25) is 0 Å². The van der Waals surface area contributed by atoms with Crippen LogP contribution in [0.4, 0.5) is 5.69 Å². The summed E-state index contributed by atoms with van der Waals surface area (Å²) in [5, 5.41) is 3.14. The first-order chi connectivity index (χ1) is 7.66. The summed E-state index contributed by atoms with van der Waals surface area (Å²) >= 11 is 0. The van der Waals surface area contributed by atoms with Crippen LogP contribution in [0.2, 0.25) is 0 Å². The molecule has 86 valence electrons. The van der Waals surface area contributed by atoms with Gasteiger partial charge in [-0.1, -0.05) is 12.1 Å². The molecule has 0 bridgehead atoms. The van der Waals surface area contributed by atoms with Crippen LogP contribution in [0.3, 0.4) is 0 Å². The van der Waals surface area contributed by atoms with Crippen molar-refractivity contribution in [3.05, 3.63) is 29.3 Å². The Morgan fingerprint density at radius 1 is 1.31 bits per heavy atom. The molecule has 0 radical (unpaired) electrons. The molecule has 1 aliphatic rings. The van der Waals surface area contributed by atoms with E-state index in [0.717, 1.165) is 13.1 Å². The van der Waals surface area contributed by atoms with E-state index in [9.17, 15) is 4.79 Å². The lowest BCUT2D eigenvalue weighted by molar-refractivity contribution is -0.116. The molecule has 1 aromatic carbocycles. The number of hydrogen-bond acceptors (Lipinski definition) is 3. The van der Waals surface area contributed by atoms with E-state index < -0.39 is 0 Å². The minimum absolute atomic E-state index is 0.262. The van der Waals surface area contributed by atoms with Crippen LogP contribution in [0.15, 0.2) is 18.2 Å². The maximum Gasteiger partial charge on any atom is 0.165 e. The van der Waals surface area contributed by atoms with Gasteiger partial charge in [0.1, 0.15) is 0 Å². The monoisotopic (exact) mass is 218 g/mol. The summed E-state index contributed by atoms with van der Waals surface area (Å²) in [6, 6.07) is 6.39. The summed E-state index contributed by atoms with van der Waals surface area (Å²) in [6.07, 6.45) is 0. The molecule has 0 atom stereocenters. The summed E-state index contributed by atoms with van der Waals surface area (Å²) in [6.45, 7) is 6.98. The Kier molecular flexibility index (Phi) is 3.25. The fourth-order valence-electron chi connectivity index (χ4n) is 2.06. The first-order valence-corrected chi connectivity index (χ1v) is 5.71. The lowest BCUT2D eigenvalue weighted by atomic mass is 10.1. The zero-order valence-electron chi connectivity index (χ0n) is 9.92. The van der Waals surface area contributed by atoms with Crippen molar-refractivity contribution in [2.45, 2.75) is 13.8 Å². The molecule has 1 aromatic rings. The summed E-state index contributed by atoms with van der Waals surface area (Å²) in [5.74, 6) is 0.262. The third-order valence-corrected chi connectivity index (χ3v) is 2.95. The highest BCUT2D eigenvalue weighted by Crippen LogP contribution is 2.21. The molecule has 0 aliphatic carbocycles. The number of carbonyl (C=O) groups excluding carboxylic acids is 1. The average Bonchev–Trinajstić information content (AvgIpc) is 2.46. The van der Waals surface area contributed by atoms with E-state index in [2.05, 4.69) is 42.3 Å². The van der Waals surface area contributed by atoms with Crippen molar-refractivity contribution in [3.63, 3.8) is 0 Å². The predicted octanol–water partition coefficient (Wildman–Crippen LogP) is 1.28. The first kappa shape index (κ1) is 11.1. The highest BCUT2D eigenvalue weighted by molar-refractivity contribution is 5.86. The Balaban J connectivity index is 2.27. The van der Waals surface area contributed by atoms with Crippen LogP contribution in [0.25, 0.3) is 0 Å². The largest absolute Gasteiger partial charge is 0.363 e. The second-order valence-corrected chi connectivity index (χ2v) is 4.43. The van der Waals surface area contributed by atoms with Crippen LogP contribution in [0.1, 0.15) is 11.1 Å².